The van der Waals surface area contributed by atoms with Crippen LogP contribution in [0.5, 0.6) is 5.75 Å². The van der Waals surface area contributed by atoms with Crippen molar-refractivity contribution in [1.29, 1.82) is 0 Å². The molecule has 5 rings (SSSR count). The average molecular weight is 503 g/mol. The van der Waals surface area contributed by atoms with Gasteiger partial charge in [-0.15, -0.1) is 0 Å². The van der Waals surface area contributed by atoms with Crippen molar-refractivity contribution in [2.75, 3.05) is 17.7 Å². The van der Waals surface area contributed by atoms with Gasteiger partial charge >= 0.3 is 0 Å². The molecule has 5 aromatic rings. The number of aromatic nitrogens is 2. The van der Waals surface area contributed by atoms with Crippen LogP contribution in [0.15, 0.2) is 109 Å². The number of amides is 2. The van der Waals surface area contributed by atoms with Crippen molar-refractivity contribution in [3.05, 3.63) is 126 Å². The number of methoxy groups -OCH3 is 1. The molecule has 0 atom stereocenters. The van der Waals surface area contributed by atoms with Gasteiger partial charge < -0.3 is 15.4 Å². The van der Waals surface area contributed by atoms with E-state index in [9.17, 15) is 9.59 Å². The third-order valence-electron chi connectivity index (χ3n) is 6.02. The molecule has 0 spiro atoms. The first-order chi connectivity index (χ1) is 18.5. The molecule has 0 saturated heterocycles. The zero-order valence-corrected chi connectivity index (χ0v) is 21.0. The number of rotatable bonds is 7. The molecule has 0 aliphatic rings. The predicted octanol–water partition coefficient (Wildman–Crippen LogP) is 6.36. The van der Waals surface area contributed by atoms with Crippen molar-refractivity contribution in [3.8, 4) is 22.7 Å². The number of nitrogens with one attached hydrogen (secondary N) is 2. The molecule has 4 aromatic carbocycles. The first-order valence-electron chi connectivity index (χ1n) is 12.1. The lowest BCUT2D eigenvalue weighted by Crippen LogP contribution is -2.16. The summed E-state index contributed by atoms with van der Waals surface area (Å²) in [5.41, 5.74) is 5.42. The Morgan fingerprint density at radius 3 is 2.05 bits per heavy atom. The number of hydrogen-bond acceptors (Lipinski definition) is 4. The summed E-state index contributed by atoms with van der Waals surface area (Å²) in [7, 11) is 1.58. The van der Waals surface area contributed by atoms with Gasteiger partial charge in [0.15, 0.2) is 0 Å². The second-order valence-corrected chi connectivity index (χ2v) is 8.68. The minimum atomic E-state index is -0.277. The highest BCUT2D eigenvalue weighted by Crippen LogP contribution is 2.31. The van der Waals surface area contributed by atoms with Crippen LogP contribution in [0.4, 0.5) is 11.4 Å². The van der Waals surface area contributed by atoms with Crippen LogP contribution in [-0.2, 0) is 0 Å². The Balaban J connectivity index is 1.53. The van der Waals surface area contributed by atoms with E-state index in [4.69, 9.17) is 9.84 Å². The van der Waals surface area contributed by atoms with E-state index in [1.165, 1.54) is 0 Å². The Morgan fingerprint density at radius 1 is 0.737 bits per heavy atom. The van der Waals surface area contributed by atoms with Gasteiger partial charge in [0.25, 0.3) is 11.8 Å². The van der Waals surface area contributed by atoms with E-state index >= 15 is 0 Å². The average Bonchev–Trinajstić information content (AvgIpc) is 3.35. The fourth-order valence-electron chi connectivity index (χ4n) is 4.13. The van der Waals surface area contributed by atoms with E-state index in [0.717, 1.165) is 17.0 Å². The van der Waals surface area contributed by atoms with Gasteiger partial charge in [-0.2, -0.15) is 5.10 Å². The van der Waals surface area contributed by atoms with Crippen LogP contribution in [-0.4, -0.2) is 28.7 Å². The summed E-state index contributed by atoms with van der Waals surface area (Å²) in [4.78, 5) is 26.0. The lowest BCUT2D eigenvalue weighted by atomic mass is 10.1. The fourth-order valence-corrected chi connectivity index (χ4v) is 4.13. The predicted molar refractivity (Wildman–Crippen MR) is 149 cm³/mol. The number of ether oxygens (including phenoxy) is 1. The number of benzene rings is 4. The largest absolute Gasteiger partial charge is 0.497 e. The molecule has 0 aliphatic heterocycles. The normalized spacial score (nSPS) is 10.6. The van der Waals surface area contributed by atoms with Crippen molar-refractivity contribution < 1.29 is 14.3 Å². The van der Waals surface area contributed by atoms with E-state index in [0.29, 0.717) is 33.9 Å². The quantitative estimate of drug-likeness (QED) is 0.271. The molecule has 7 nitrogen and oxygen atoms in total. The maximum atomic E-state index is 13.1. The third-order valence-corrected chi connectivity index (χ3v) is 6.02. The van der Waals surface area contributed by atoms with Gasteiger partial charge in [0, 0.05) is 22.4 Å². The van der Waals surface area contributed by atoms with Crippen LogP contribution in [0.3, 0.4) is 0 Å². The molecule has 38 heavy (non-hydrogen) atoms. The van der Waals surface area contributed by atoms with Gasteiger partial charge in [0.2, 0.25) is 0 Å². The van der Waals surface area contributed by atoms with E-state index in [1.807, 2.05) is 67.6 Å². The Morgan fingerprint density at radius 2 is 1.37 bits per heavy atom. The van der Waals surface area contributed by atoms with Crippen molar-refractivity contribution in [1.82, 2.24) is 9.78 Å². The van der Waals surface area contributed by atoms with E-state index in [2.05, 4.69) is 10.6 Å². The highest BCUT2D eigenvalue weighted by Gasteiger charge is 2.17. The molecule has 0 unspecified atom stereocenters. The van der Waals surface area contributed by atoms with Gasteiger partial charge in [0.1, 0.15) is 5.75 Å². The van der Waals surface area contributed by atoms with Gasteiger partial charge in [0.05, 0.1) is 29.9 Å². The summed E-state index contributed by atoms with van der Waals surface area (Å²) in [6.07, 6.45) is 0. The third kappa shape index (κ3) is 5.32. The second kappa shape index (κ2) is 10.8. The molecule has 1 heterocycles. The molecule has 0 saturated carbocycles. The minimum absolute atomic E-state index is 0.268. The molecule has 7 heteroatoms. The zero-order valence-electron chi connectivity index (χ0n) is 21.0. The molecule has 0 radical (unpaired) electrons. The molecule has 188 valence electrons. The monoisotopic (exact) mass is 502 g/mol. The SMILES string of the molecule is COc1ccc(C(=O)Nc2ccc(-n3nc(C)cc3-c3ccccc3)c(NC(=O)c3ccccc3)c2)cc1. The van der Waals surface area contributed by atoms with Gasteiger partial charge in [-0.1, -0.05) is 48.5 Å². The summed E-state index contributed by atoms with van der Waals surface area (Å²) in [6, 6.07) is 33.1. The number of aryl methyl sites for hydroxylation is 1. The van der Waals surface area contributed by atoms with Gasteiger partial charge in [-0.25, -0.2) is 4.68 Å². The molecular formula is C31H26N4O3. The number of carbonyl (C=O) groups excluding carboxylic acids is 2. The Bertz CT molecular complexity index is 1580. The molecule has 0 bridgehead atoms. The maximum Gasteiger partial charge on any atom is 0.255 e. The summed E-state index contributed by atoms with van der Waals surface area (Å²) < 4.78 is 6.98. The highest BCUT2D eigenvalue weighted by atomic mass is 16.5. The summed E-state index contributed by atoms with van der Waals surface area (Å²) >= 11 is 0. The van der Waals surface area contributed by atoms with Crippen molar-refractivity contribution in [2.24, 2.45) is 0 Å². The number of anilines is 2. The summed E-state index contributed by atoms with van der Waals surface area (Å²) in [5.74, 6) is 0.122. The molecule has 0 fully saturated rings. The van der Waals surface area contributed by atoms with Crippen LogP contribution in [0.2, 0.25) is 0 Å². The van der Waals surface area contributed by atoms with Crippen LogP contribution in [0.25, 0.3) is 16.9 Å². The Hall–Kier alpha value is -5.17. The van der Waals surface area contributed by atoms with E-state index in [1.54, 1.807) is 60.3 Å². The molecular weight excluding hydrogens is 476 g/mol. The van der Waals surface area contributed by atoms with Gasteiger partial charge in [-0.3, -0.25) is 9.59 Å². The lowest BCUT2D eigenvalue weighted by molar-refractivity contribution is 0.101. The number of carbonyl (C=O) groups is 2. The topological polar surface area (TPSA) is 85.2 Å². The first-order valence-corrected chi connectivity index (χ1v) is 12.1. The van der Waals surface area contributed by atoms with Crippen LogP contribution >= 0.6 is 0 Å². The maximum absolute atomic E-state index is 13.1. The minimum Gasteiger partial charge on any atom is -0.497 e. The van der Waals surface area contributed by atoms with Crippen LogP contribution < -0.4 is 15.4 Å². The second-order valence-electron chi connectivity index (χ2n) is 8.68. The number of nitrogens with zero attached hydrogens (tertiary/aromatic N) is 2. The zero-order chi connectivity index (χ0) is 26.5. The summed E-state index contributed by atoms with van der Waals surface area (Å²) in [5, 5.41) is 10.7. The first kappa shape index (κ1) is 24.5. The Labute approximate surface area is 220 Å². The lowest BCUT2D eigenvalue weighted by Gasteiger charge is -2.16. The van der Waals surface area contributed by atoms with Crippen molar-refractivity contribution in [3.63, 3.8) is 0 Å². The molecule has 0 aliphatic carbocycles. The van der Waals surface area contributed by atoms with Crippen molar-refractivity contribution in [2.45, 2.75) is 6.92 Å². The molecule has 1 aromatic heterocycles. The smallest absolute Gasteiger partial charge is 0.255 e. The van der Waals surface area contributed by atoms with Crippen molar-refractivity contribution >= 4 is 23.2 Å². The fraction of sp³-hybridized carbons (Fsp3) is 0.0645. The van der Waals surface area contributed by atoms with E-state index < -0.39 is 0 Å². The highest BCUT2D eigenvalue weighted by molar-refractivity contribution is 6.07. The molecule has 2 amide bonds. The Kier molecular flexibility index (Phi) is 6.99. The standard InChI is InChI=1S/C31H26N4O3/c1-21-19-29(22-9-5-3-6-10-22)35(34-21)28-18-15-25(32-30(36)24-13-16-26(38-2)17-14-24)20-27(28)33-31(37)23-11-7-4-8-12-23/h3-20H,1-2H3,(H,32,36)(H,33,37). The molecule has 2 N–H and O–H groups in total. The van der Waals surface area contributed by atoms with E-state index in [-0.39, 0.29) is 11.8 Å². The number of hydrogen-bond donors (Lipinski definition) is 2. The van der Waals surface area contributed by atoms with Gasteiger partial charge in [-0.05, 0) is 67.6 Å². The van der Waals surface area contributed by atoms with Crippen LogP contribution in [0, 0.1) is 6.92 Å². The summed E-state index contributed by atoms with van der Waals surface area (Å²) in [6.45, 7) is 1.93. The van der Waals surface area contributed by atoms with Crippen LogP contribution in [0.1, 0.15) is 26.4 Å².